The number of hydrogen-bond acceptors (Lipinski definition) is 6. The maximum atomic E-state index is 13.4. The summed E-state index contributed by atoms with van der Waals surface area (Å²) in [6, 6.07) is 11.0. The Kier molecular flexibility index (Phi) is 4.99. The fourth-order valence-corrected chi connectivity index (χ4v) is 7.96. The minimum absolute atomic E-state index is 0.0290. The topological polar surface area (TPSA) is 99.3 Å². The molecule has 194 valence electrons. The Bertz CT molecular complexity index is 1310. The number of rotatable bonds is 5. The number of ether oxygens (including phenoxy) is 1. The van der Waals surface area contributed by atoms with Gasteiger partial charge in [-0.05, 0) is 86.4 Å². The Hall–Kier alpha value is -3.03. The van der Waals surface area contributed by atoms with Crippen LogP contribution in [0.1, 0.15) is 48.8 Å². The molecule has 1 spiro atoms. The van der Waals surface area contributed by atoms with E-state index in [1.165, 1.54) is 18.4 Å². The SMILES string of the molecule is CN(C(=O)/C=C/c1cccc(N)c1)[C@@H]1CC[C@@]2(O)[C@@H]3Cc4ccc(O)c5c4[C@@]2(CCN3CC2CC2)[C@H]1O5. The fraction of sp³-hybridized carbons (Fsp3) is 0.500. The van der Waals surface area contributed by atoms with Crippen LogP contribution in [-0.2, 0) is 16.6 Å². The normalized spacial score (nSPS) is 33.7. The number of aliphatic hydroxyl groups is 1. The number of aromatic hydroxyl groups is 1. The number of likely N-dealkylation sites (N-methyl/N-ethyl adjacent to an activating group) is 1. The second-order valence-corrected chi connectivity index (χ2v) is 11.8. The van der Waals surface area contributed by atoms with Crippen molar-refractivity contribution in [2.24, 2.45) is 5.92 Å². The van der Waals surface area contributed by atoms with Gasteiger partial charge in [-0.15, -0.1) is 0 Å². The maximum Gasteiger partial charge on any atom is 0.246 e. The van der Waals surface area contributed by atoms with Crippen molar-refractivity contribution in [2.75, 3.05) is 25.9 Å². The largest absolute Gasteiger partial charge is 0.504 e. The standard InChI is InChI=1S/C30H35N3O4/c1-32(25(35)10-7-18-3-2-4-21(31)15-18)22-11-12-30(36)24-16-20-8-9-23(34)27-26(20)29(30,28(22)37-27)13-14-33(24)17-19-5-6-19/h2-4,7-10,15,19,22,24,28,34,36H,5-6,11-14,16-17,31H2,1H3/b10-7+/t22-,24+,28+,29+,30-/m1/s1. The molecule has 2 heterocycles. The minimum Gasteiger partial charge on any atom is -0.504 e. The lowest BCUT2D eigenvalue weighted by Crippen LogP contribution is -2.78. The molecule has 2 saturated carbocycles. The van der Waals surface area contributed by atoms with E-state index in [9.17, 15) is 15.0 Å². The number of anilines is 1. The van der Waals surface area contributed by atoms with E-state index in [2.05, 4.69) is 4.90 Å². The first-order valence-electron chi connectivity index (χ1n) is 13.6. The first-order chi connectivity index (χ1) is 17.8. The lowest BCUT2D eigenvalue weighted by atomic mass is 9.48. The van der Waals surface area contributed by atoms with Crippen molar-refractivity contribution in [1.29, 1.82) is 0 Å². The summed E-state index contributed by atoms with van der Waals surface area (Å²) in [4.78, 5) is 17.6. The van der Waals surface area contributed by atoms with Crippen LogP contribution in [0.5, 0.6) is 11.5 Å². The molecule has 37 heavy (non-hydrogen) atoms. The number of phenols is 1. The third-order valence-corrected chi connectivity index (χ3v) is 9.91. The number of nitrogen functional groups attached to an aromatic ring is 1. The Morgan fingerprint density at radius 2 is 2.08 bits per heavy atom. The maximum absolute atomic E-state index is 13.4. The summed E-state index contributed by atoms with van der Waals surface area (Å²) in [5.74, 6) is 1.27. The third kappa shape index (κ3) is 3.23. The van der Waals surface area contributed by atoms with Crippen molar-refractivity contribution < 1.29 is 19.7 Å². The van der Waals surface area contributed by atoms with Crippen molar-refractivity contribution in [1.82, 2.24) is 9.80 Å². The first-order valence-corrected chi connectivity index (χ1v) is 13.6. The van der Waals surface area contributed by atoms with E-state index in [-0.39, 0.29) is 23.7 Å². The van der Waals surface area contributed by atoms with Crippen molar-refractivity contribution in [2.45, 2.75) is 67.7 Å². The summed E-state index contributed by atoms with van der Waals surface area (Å²) in [5.41, 5.74) is 7.99. The van der Waals surface area contributed by atoms with Crippen molar-refractivity contribution in [3.63, 3.8) is 0 Å². The zero-order chi connectivity index (χ0) is 25.5. The average Bonchev–Trinajstić information content (AvgIpc) is 3.62. The Labute approximate surface area is 217 Å². The second-order valence-electron chi connectivity index (χ2n) is 11.8. The van der Waals surface area contributed by atoms with Crippen LogP contribution in [0.2, 0.25) is 0 Å². The van der Waals surface area contributed by atoms with Gasteiger partial charge in [-0.1, -0.05) is 18.2 Å². The van der Waals surface area contributed by atoms with Gasteiger partial charge in [-0.2, -0.15) is 0 Å². The number of benzene rings is 2. The van der Waals surface area contributed by atoms with Gasteiger partial charge in [0.1, 0.15) is 6.10 Å². The minimum atomic E-state index is -0.950. The molecule has 0 unspecified atom stereocenters. The summed E-state index contributed by atoms with van der Waals surface area (Å²) >= 11 is 0. The van der Waals surface area contributed by atoms with Crippen LogP contribution in [0.15, 0.2) is 42.5 Å². The summed E-state index contributed by atoms with van der Waals surface area (Å²) in [6.45, 7) is 1.95. The summed E-state index contributed by atoms with van der Waals surface area (Å²) in [6.07, 6.45) is 8.31. The van der Waals surface area contributed by atoms with Gasteiger partial charge in [0.15, 0.2) is 11.5 Å². The van der Waals surface area contributed by atoms with Gasteiger partial charge in [0.2, 0.25) is 5.91 Å². The molecule has 3 fully saturated rings. The molecule has 1 saturated heterocycles. The van der Waals surface area contributed by atoms with E-state index in [1.807, 2.05) is 37.4 Å². The monoisotopic (exact) mass is 501 g/mol. The Balaban J connectivity index is 1.25. The number of amides is 1. The number of nitrogens with two attached hydrogens (primary N) is 1. The van der Waals surface area contributed by atoms with Crippen molar-refractivity contribution >= 4 is 17.7 Å². The second kappa shape index (κ2) is 7.98. The molecular weight excluding hydrogens is 466 g/mol. The molecular formula is C30H35N3O4. The van der Waals surface area contributed by atoms with E-state index in [1.54, 1.807) is 23.1 Å². The van der Waals surface area contributed by atoms with Gasteiger partial charge in [-0.25, -0.2) is 0 Å². The quantitative estimate of drug-likeness (QED) is 0.430. The zero-order valence-electron chi connectivity index (χ0n) is 21.3. The third-order valence-electron chi connectivity index (χ3n) is 9.91. The van der Waals surface area contributed by atoms with Crippen LogP contribution >= 0.6 is 0 Å². The highest BCUT2D eigenvalue weighted by atomic mass is 16.5. The van der Waals surface area contributed by atoms with Crippen LogP contribution in [-0.4, -0.2) is 69.8 Å². The van der Waals surface area contributed by atoms with Gasteiger partial charge in [0.25, 0.3) is 0 Å². The number of piperidine rings is 1. The molecule has 0 radical (unpaired) electrons. The molecule has 2 aliphatic heterocycles. The van der Waals surface area contributed by atoms with Gasteiger partial charge in [0.05, 0.1) is 17.1 Å². The predicted molar refractivity (Wildman–Crippen MR) is 141 cm³/mol. The predicted octanol–water partition coefficient (Wildman–Crippen LogP) is 3.08. The molecule has 7 rings (SSSR count). The summed E-state index contributed by atoms with van der Waals surface area (Å²) in [5, 5.41) is 23.4. The van der Waals surface area contributed by atoms with E-state index >= 15 is 0 Å². The van der Waals surface area contributed by atoms with Crippen LogP contribution in [0.4, 0.5) is 5.69 Å². The molecule has 2 bridgehead atoms. The number of carbonyl (C=O) groups excluding carboxylic acids is 1. The number of likely N-dealkylation sites (tertiary alicyclic amines) is 1. The highest BCUT2D eigenvalue weighted by molar-refractivity contribution is 5.92. The van der Waals surface area contributed by atoms with E-state index in [4.69, 9.17) is 10.5 Å². The number of hydrogen-bond donors (Lipinski definition) is 3. The van der Waals surface area contributed by atoms with Gasteiger partial charge in [0, 0.05) is 37.0 Å². The van der Waals surface area contributed by atoms with E-state index in [0.29, 0.717) is 24.3 Å². The van der Waals surface area contributed by atoms with Crippen LogP contribution in [0, 0.1) is 5.92 Å². The molecule has 0 aromatic heterocycles. The fourth-order valence-electron chi connectivity index (χ4n) is 7.96. The molecule has 2 aromatic rings. The summed E-state index contributed by atoms with van der Waals surface area (Å²) in [7, 11) is 1.83. The van der Waals surface area contributed by atoms with Crippen LogP contribution < -0.4 is 10.5 Å². The van der Waals surface area contributed by atoms with Gasteiger partial charge < -0.3 is 25.6 Å². The molecule has 7 heteroatoms. The van der Waals surface area contributed by atoms with Crippen molar-refractivity contribution in [3.05, 3.63) is 59.2 Å². The van der Waals surface area contributed by atoms with E-state index in [0.717, 1.165) is 43.0 Å². The van der Waals surface area contributed by atoms with E-state index < -0.39 is 17.1 Å². The number of nitrogens with zero attached hydrogens (tertiary/aromatic N) is 2. The van der Waals surface area contributed by atoms with Gasteiger partial charge >= 0.3 is 0 Å². The average molecular weight is 502 g/mol. The van der Waals surface area contributed by atoms with Gasteiger partial charge in [-0.3, -0.25) is 9.69 Å². The summed E-state index contributed by atoms with van der Waals surface area (Å²) < 4.78 is 6.60. The molecule has 5 aliphatic rings. The highest BCUT2D eigenvalue weighted by Gasteiger charge is 2.73. The molecule has 5 atom stereocenters. The Morgan fingerprint density at radius 3 is 2.86 bits per heavy atom. The molecule has 3 aliphatic carbocycles. The molecule has 4 N–H and O–H groups in total. The lowest BCUT2D eigenvalue weighted by Gasteiger charge is -2.64. The van der Waals surface area contributed by atoms with Crippen LogP contribution in [0.3, 0.4) is 0 Å². The Morgan fingerprint density at radius 1 is 1.24 bits per heavy atom. The molecule has 2 aromatic carbocycles. The molecule has 1 amide bonds. The highest BCUT2D eigenvalue weighted by Crippen LogP contribution is 2.66. The zero-order valence-corrected chi connectivity index (χ0v) is 21.3. The van der Waals surface area contributed by atoms with Crippen LogP contribution in [0.25, 0.3) is 6.08 Å². The lowest BCUT2D eigenvalue weighted by molar-refractivity contribution is -0.200. The molecule has 7 nitrogen and oxygen atoms in total. The smallest absolute Gasteiger partial charge is 0.246 e. The first kappa shape index (κ1) is 23.1. The number of carbonyl (C=O) groups is 1. The number of phenolic OH excluding ortho intramolecular Hbond substituents is 1. The van der Waals surface area contributed by atoms with Crippen molar-refractivity contribution in [3.8, 4) is 11.5 Å².